The van der Waals surface area contributed by atoms with Crippen LogP contribution < -0.4 is 0 Å². The summed E-state index contributed by atoms with van der Waals surface area (Å²) in [6, 6.07) is 6.81. The van der Waals surface area contributed by atoms with Crippen molar-refractivity contribution >= 4 is 11.3 Å². The Kier molecular flexibility index (Phi) is 2.15. The van der Waals surface area contributed by atoms with E-state index in [1.807, 2.05) is 18.4 Å². The molecule has 0 nitrogen and oxygen atoms in total. The largest absolute Gasteiger partial charge is 0.206 e. The number of hydrogen-bond donors (Lipinski definition) is 0. The zero-order valence-electron chi connectivity index (χ0n) is 7.17. The van der Waals surface area contributed by atoms with Gasteiger partial charge < -0.3 is 0 Å². The average Bonchev–Trinajstić information content (AvgIpc) is 2.52. The highest BCUT2D eigenvalue weighted by Gasteiger charge is 2.06. The van der Waals surface area contributed by atoms with Gasteiger partial charge in [-0.25, -0.2) is 4.39 Å². The van der Waals surface area contributed by atoms with Crippen LogP contribution in [0.25, 0.3) is 11.1 Å². The Morgan fingerprint density at radius 3 is 2.62 bits per heavy atom. The minimum atomic E-state index is -0.169. The Bertz CT molecular complexity index is 418. The Balaban J connectivity index is 2.59. The molecular weight excluding hydrogens is 183 g/mol. The first-order valence-corrected chi connectivity index (χ1v) is 4.87. The van der Waals surface area contributed by atoms with Crippen LogP contribution in [0.5, 0.6) is 0 Å². The van der Waals surface area contributed by atoms with Gasteiger partial charge in [0.1, 0.15) is 5.82 Å². The lowest BCUT2D eigenvalue weighted by Gasteiger charge is -2.00. The predicted octanol–water partition coefficient (Wildman–Crippen LogP) is 3.66. The molecule has 13 heavy (non-hydrogen) atoms. The van der Waals surface area contributed by atoms with Gasteiger partial charge in [-0.3, -0.25) is 0 Å². The van der Waals surface area contributed by atoms with Crippen LogP contribution in [0.1, 0.15) is 5.56 Å². The fraction of sp³-hybridized carbons (Fsp3) is 0.0909. The third kappa shape index (κ3) is 1.49. The van der Waals surface area contributed by atoms with E-state index in [2.05, 4.69) is 5.38 Å². The molecule has 0 atom stereocenters. The molecule has 65 valence electrons. The van der Waals surface area contributed by atoms with E-state index in [0.29, 0.717) is 5.56 Å². The van der Waals surface area contributed by atoms with E-state index in [-0.39, 0.29) is 5.82 Å². The number of halogens is 1. The molecule has 1 radical (unpaired) electrons. The monoisotopic (exact) mass is 191 g/mol. The fourth-order valence-corrected chi connectivity index (χ4v) is 2.03. The lowest BCUT2D eigenvalue weighted by molar-refractivity contribution is 0.631. The van der Waals surface area contributed by atoms with Crippen molar-refractivity contribution in [3.05, 3.63) is 46.4 Å². The number of thiophene rings is 1. The van der Waals surface area contributed by atoms with E-state index < -0.39 is 0 Å². The van der Waals surface area contributed by atoms with Crippen LogP contribution in [0.15, 0.2) is 29.6 Å². The van der Waals surface area contributed by atoms with Crippen molar-refractivity contribution in [2.45, 2.75) is 6.92 Å². The molecule has 2 aromatic rings. The van der Waals surface area contributed by atoms with Crippen molar-refractivity contribution in [2.24, 2.45) is 0 Å². The summed E-state index contributed by atoms with van der Waals surface area (Å²) in [5.41, 5.74) is 2.62. The van der Waals surface area contributed by atoms with Gasteiger partial charge in [0.25, 0.3) is 0 Å². The molecule has 0 amide bonds. The van der Waals surface area contributed by atoms with Gasteiger partial charge in [-0.15, -0.1) is 11.3 Å². The number of rotatable bonds is 1. The smallest absolute Gasteiger partial charge is 0.131 e. The standard InChI is InChI=1S/C11H8FS/c1-8-6-13-7-10(8)9-4-2-3-5-11(9)12/h2-5,7H,1H3. The van der Waals surface area contributed by atoms with Crippen LogP contribution in [-0.4, -0.2) is 0 Å². The van der Waals surface area contributed by atoms with Crippen molar-refractivity contribution in [2.75, 3.05) is 0 Å². The van der Waals surface area contributed by atoms with E-state index >= 15 is 0 Å². The molecule has 0 aliphatic rings. The molecule has 1 aromatic heterocycles. The van der Waals surface area contributed by atoms with Crippen molar-refractivity contribution in [1.29, 1.82) is 0 Å². The summed E-state index contributed by atoms with van der Waals surface area (Å²) in [4.78, 5) is 0. The molecule has 0 spiro atoms. The van der Waals surface area contributed by atoms with Crippen LogP contribution in [0.3, 0.4) is 0 Å². The van der Waals surface area contributed by atoms with Crippen molar-refractivity contribution in [1.82, 2.24) is 0 Å². The highest BCUT2D eigenvalue weighted by molar-refractivity contribution is 7.07. The molecule has 1 heterocycles. The quantitative estimate of drug-likeness (QED) is 0.645. The third-order valence-corrected chi connectivity index (χ3v) is 2.73. The number of aryl methyl sites for hydroxylation is 1. The summed E-state index contributed by atoms with van der Waals surface area (Å²) in [5, 5.41) is 4.99. The zero-order valence-corrected chi connectivity index (χ0v) is 7.99. The topological polar surface area (TPSA) is 0 Å². The zero-order chi connectivity index (χ0) is 9.26. The summed E-state index contributed by atoms with van der Waals surface area (Å²) in [6.45, 7) is 1.94. The van der Waals surface area contributed by atoms with E-state index in [0.717, 1.165) is 11.1 Å². The SMILES string of the molecule is Cc1[c]scc1-c1ccccc1F. The van der Waals surface area contributed by atoms with Gasteiger partial charge >= 0.3 is 0 Å². The van der Waals surface area contributed by atoms with Crippen molar-refractivity contribution in [3.63, 3.8) is 0 Å². The first kappa shape index (κ1) is 8.45. The van der Waals surface area contributed by atoms with E-state index in [1.54, 1.807) is 12.1 Å². The molecule has 0 N–H and O–H groups in total. The molecule has 0 saturated carbocycles. The first-order valence-electron chi connectivity index (χ1n) is 3.99. The average molecular weight is 191 g/mol. The Morgan fingerprint density at radius 1 is 1.23 bits per heavy atom. The Morgan fingerprint density at radius 2 is 2.00 bits per heavy atom. The summed E-state index contributed by atoms with van der Waals surface area (Å²) in [7, 11) is 0. The minimum absolute atomic E-state index is 0.169. The Labute approximate surface area is 80.7 Å². The van der Waals surface area contributed by atoms with E-state index in [4.69, 9.17) is 0 Å². The minimum Gasteiger partial charge on any atom is -0.206 e. The summed E-state index contributed by atoms with van der Waals surface area (Å²) in [6.07, 6.45) is 0. The molecule has 1 aromatic carbocycles. The normalized spacial score (nSPS) is 10.3. The summed E-state index contributed by atoms with van der Waals surface area (Å²) >= 11 is 1.48. The second kappa shape index (κ2) is 3.30. The molecule has 0 aliphatic carbocycles. The first-order chi connectivity index (χ1) is 6.29. The molecule has 0 saturated heterocycles. The van der Waals surface area contributed by atoms with Crippen molar-refractivity contribution in [3.8, 4) is 11.1 Å². The summed E-state index contributed by atoms with van der Waals surface area (Å²) < 4.78 is 13.3. The van der Waals surface area contributed by atoms with Crippen LogP contribution in [0, 0.1) is 18.1 Å². The van der Waals surface area contributed by atoms with Gasteiger partial charge in [-0.05, 0) is 29.5 Å². The van der Waals surface area contributed by atoms with E-state index in [1.165, 1.54) is 17.4 Å². The van der Waals surface area contributed by atoms with Crippen LogP contribution in [0.4, 0.5) is 4.39 Å². The highest BCUT2D eigenvalue weighted by Crippen LogP contribution is 2.27. The van der Waals surface area contributed by atoms with Crippen LogP contribution in [0.2, 0.25) is 0 Å². The predicted molar refractivity (Wildman–Crippen MR) is 53.3 cm³/mol. The van der Waals surface area contributed by atoms with Gasteiger partial charge in [0.15, 0.2) is 0 Å². The second-order valence-corrected chi connectivity index (χ2v) is 3.53. The maximum atomic E-state index is 13.3. The lowest BCUT2D eigenvalue weighted by Crippen LogP contribution is -1.82. The molecular formula is C11H8FS. The molecule has 2 rings (SSSR count). The van der Waals surface area contributed by atoms with Gasteiger partial charge in [-0.1, -0.05) is 18.2 Å². The molecule has 0 bridgehead atoms. The van der Waals surface area contributed by atoms with Crippen LogP contribution in [-0.2, 0) is 0 Å². The molecule has 0 unspecified atom stereocenters. The molecule has 0 aliphatic heterocycles. The maximum Gasteiger partial charge on any atom is 0.131 e. The second-order valence-electron chi connectivity index (χ2n) is 2.86. The highest BCUT2D eigenvalue weighted by atomic mass is 32.1. The summed E-state index contributed by atoms with van der Waals surface area (Å²) in [5.74, 6) is -0.169. The van der Waals surface area contributed by atoms with Gasteiger partial charge in [0, 0.05) is 10.9 Å². The van der Waals surface area contributed by atoms with Gasteiger partial charge in [0.05, 0.1) is 0 Å². The van der Waals surface area contributed by atoms with Crippen molar-refractivity contribution < 1.29 is 4.39 Å². The molecule has 2 heteroatoms. The van der Waals surface area contributed by atoms with E-state index in [9.17, 15) is 4.39 Å². The maximum absolute atomic E-state index is 13.3. The molecule has 0 fully saturated rings. The Hall–Kier alpha value is -1.15. The fourth-order valence-electron chi connectivity index (χ4n) is 1.27. The third-order valence-electron chi connectivity index (χ3n) is 1.96. The van der Waals surface area contributed by atoms with Gasteiger partial charge in [-0.2, -0.15) is 0 Å². The lowest BCUT2D eigenvalue weighted by atomic mass is 10.1. The number of hydrogen-bond acceptors (Lipinski definition) is 1. The number of benzene rings is 1. The van der Waals surface area contributed by atoms with Crippen LogP contribution >= 0.6 is 11.3 Å². The van der Waals surface area contributed by atoms with Gasteiger partial charge in [0.2, 0.25) is 0 Å².